The summed E-state index contributed by atoms with van der Waals surface area (Å²) in [6.45, 7) is 0. The Kier molecular flexibility index (Phi) is 3.82. The largest absolute Gasteiger partial charge is 0.478 e. The van der Waals surface area contributed by atoms with Gasteiger partial charge >= 0.3 is 11.9 Å². The van der Waals surface area contributed by atoms with Crippen molar-refractivity contribution in [2.24, 2.45) is 5.73 Å². The standard InChI is InChI=1S/C10H8N2O7/c11-7(13)3-1-4(8(14)12-19)6(10(17)18)2-5(3)9(15)16/h1-2,19H,(H2,11,13)(H,12,14)(H,15,16)(H,17,18). The third kappa shape index (κ3) is 2.66. The van der Waals surface area contributed by atoms with Gasteiger partial charge in [0.15, 0.2) is 0 Å². The maximum atomic E-state index is 11.3. The van der Waals surface area contributed by atoms with Gasteiger partial charge in [0.25, 0.3) is 5.91 Å². The van der Waals surface area contributed by atoms with E-state index in [0.29, 0.717) is 12.1 Å². The molecule has 0 saturated carbocycles. The van der Waals surface area contributed by atoms with Crippen molar-refractivity contribution in [1.29, 1.82) is 0 Å². The van der Waals surface area contributed by atoms with Crippen LogP contribution in [-0.4, -0.2) is 39.2 Å². The van der Waals surface area contributed by atoms with E-state index in [-0.39, 0.29) is 0 Å². The zero-order valence-corrected chi connectivity index (χ0v) is 9.21. The first-order valence-electron chi connectivity index (χ1n) is 4.68. The lowest BCUT2D eigenvalue weighted by Gasteiger charge is -2.09. The summed E-state index contributed by atoms with van der Waals surface area (Å²) in [6.07, 6.45) is 0. The van der Waals surface area contributed by atoms with Crippen LogP contribution in [-0.2, 0) is 0 Å². The van der Waals surface area contributed by atoms with E-state index in [1.807, 2.05) is 0 Å². The van der Waals surface area contributed by atoms with Crippen molar-refractivity contribution in [2.75, 3.05) is 0 Å². The summed E-state index contributed by atoms with van der Waals surface area (Å²) in [5.74, 6) is -5.54. The summed E-state index contributed by atoms with van der Waals surface area (Å²) in [4.78, 5) is 44.2. The first kappa shape index (κ1) is 14.1. The molecule has 0 aliphatic heterocycles. The highest BCUT2D eigenvalue weighted by Gasteiger charge is 2.24. The molecular weight excluding hydrogens is 260 g/mol. The van der Waals surface area contributed by atoms with Crippen LogP contribution in [0.4, 0.5) is 0 Å². The van der Waals surface area contributed by atoms with Crippen molar-refractivity contribution in [3.8, 4) is 0 Å². The quantitative estimate of drug-likeness (QED) is 0.355. The van der Waals surface area contributed by atoms with Gasteiger partial charge in [-0.1, -0.05) is 0 Å². The molecule has 0 radical (unpaired) electrons. The van der Waals surface area contributed by atoms with Gasteiger partial charge in [-0.2, -0.15) is 0 Å². The van der Waals surface area contributed by atoms with E-state index in [4.69, 9.17) is 21.2 Å². The molecule has 2 amide bonds. The number of amides is 2. The van der Waals surface area contributed by atoms with E-state index in [9.17, 15) is 19.2 Å². The number of benzene rings is 1. The molecule has 0 aromatic heterocycles. The minimum atomic E-state index is -1.60. The van der Waals surface area contributed by atoms with E-state index < -0.39 is 46.0 Å². The fraction of sp³-hybridized carbons (Fsp3) is 0. The number of rotatable bonds is 4. The molecule has 19 heavy (non-hydrogen) atoms. The first-order chi connectivity index (χ1) is 8.79. The van der Waals surface area contributed by atoms with Crippen LogP contribution < -0.4 is 11.2 Å². The molecule has 1 rings (SSSR count). The van der Waals surface area contributed by atoms with Crippen molar-refractivity contribution < 1.29 is 34.6 Å². The molecule has 1 aromatic carbocycles. The molecule has 6 N–H and O–H groups in total. The average Bonchev–Trinajstić information content (AvgIpc) is 2.35. The number of carbonyl (C=O) groups excluding carboxylic acids is 2. The van der Waals surface area contributed by atoms with E-state index in [2.05, 4.69) is 0 Å². The van der Waals surface area contributed by atoms with E-state index >= 15 is 0 Å². The van der Waals surface area contributed by atoms with Crippen molar-refractivity contribution in [1.82, 2.24) is 5.48 Å². The monoisotopic (exact) mass is 268 g/mol. The number of nitrogens with one attached hydrogen (secondary N) is 1. The lowest BCUT2D eigenvalue weighted by molar-refractivity contribution is 0.0659. The minimum absolute atomic E-state index is 0.545. The highest BCUT2D eigenvalue weighted by atomic mass is 16.5. The van der Waals surface area contributed by atoms with Crippen LogP contribution in [0.2, 0.25) is 0 Å². The second-order valence-corrected chi connectivity index (χ2v) is 3.36. The molecule has 1 aromatic rings. The molecular formula is C10H8N2O7. The smallest absolute Gasteiger partial charge is 0.336 e. The fourth-order valence-electron chi connectivity index (χ4n) is 1.41. The van der Waals surface area contributed by atoms with Crippen LogP contribution in [0.1, 0.15) is 41.4 Å². The Morgan fingerprint density at radius 2 is 1.32 bits per heavy atom. The number of carboxylic acids is 2. The lowest BCUT2D eigenvalue weighted by atomic mass is 9.97. The third-order valence-electron chi connectivity index (χ3n) is 2.23. The summed E-state index contributed by atoms with van der Waals surface area (Å²) in [5, 5.41) is 26.2. The topological polar surface area (TPSA) is 167 Å². The van der Waals surface area contributed by atoms with E-state index in [1.54, 1.807) is 0 Å². The predicted molar refractivity (Wildman–Crippen MR) is 58.1 cm³/mol. The predicted octanol–water partition coefficient (Wildman–Crippen LogP) is -0.699. The first-order valence-corrected chi connectivity index (χ1v) is 4.68. The molecule has 0 atom stereocenters. The highest BCUT2D eigenvalue weighted by molar-refractivity contribution is 6.11. The highest BCUT2D eigenvalue weighted by Crippen LogP contribution is 2.18. The number of nitrogens with two attached hydrogens (primary N) is 1. The van der Waals surface area contributed by atoms with E-state index in [1.165, 1.54) is 5.48 Å². The van der Waals surface area contributed by atoms with Gasteiger partial charge < -0.3 is 15.9 Å². The Morgan fingerprint density at radius 3 is 1.68 bits per heavy atom. The molecule has 0 fully saturated rings. The number of hydroxylamine groups is 1. The van der Waals surface area contributed by atoms with Gasteiger partial charge in [-0.25, -0.2) is 15.1 Å². The minimum Gasteiger partial charge on any atom is -0.478 e. The van der Waals surface area contributed by atoms with Crippen LogP contribution in [0.3, 0.4) is 0 Å². The molecule has 0 heterocycles. The Labute approximate surface area is 105 Å². The van der Waals surface area contributed by atoms with Gasteiger partial charge in [0.1, 0.15) is 0 Å². The summed E-state index contributed by atoms with van der Waals surface area (Å²) >= 11 is 0. The summed E-state index contributed by atoms with van der Waals surface area (Å²) in [6, 6.07) is 1.32. The number of hydrogen-bond donors (Lipinski definition) is 5. The normalized spacial score (nSPS) is 9.74. The number of carbonyl (C=O) groups is 4. The SMILES string of the molecule is NC(=O)c1cc(C(=O)NO)c(C(=O)O)cc1C(=O)O. The van der Waals surface area contributed by atoms with Crippen molar-refractivity contribution >= 4 is 23.8 Å². The molecule has 0 aliphatic carbocycles. The number of primary amides is 1. The Hall–Kier alpha value is -2.94. The Bertz CT molecular complexity index is 594. The van der Waals surface area contributed by atoms with Gasteiger partial charge in [-0.15, -0.1) is 0 Å². The van der Waals surface area contributed by atoms with Crippen LogP contribution in [0, 0.1) is 0 Å². The van der Waals surface area contributed by atoms with Gasteiger partial charge in [-0.05, 0) is 12.1 Å². The van der Waals surface area contributed by atoms with Gasteiger partial charge in [0, 0.05) is 0 Å². The maximum absolute atomic E-state index is 11.3. The van der Waals surface area contributed by atoms with Crippen molar-refractivity contribution in [3.05, 3.63) is 34.4 Å². The third-order valence-corrected chi connectivity index (χ3v) is 2.23. The van der Waals surface area contributed by atoms with Crippen LogP contribution >= 0.6 is 0 Å². The maximum Gasteiger partial charge on any atom is 0.336 e. The van der Waals surface area contributed by atoms with Crippen LogP contribution in [0.25, 0.3) is 0 Å². The molecule has 0 spiro atoms. The molecule has 9 nitrogen and oxygen atoms in total. The zero-order chi connectivity index (χ0) is 14.7. The second-order valence-electron chi connectivity index (χ2n) is 3.36. The number of aromatic carboxylic acids is 2. The average molecular weight is 268 g/mol. The van der Waals surface area contributed by atoms with Gasteiger partial charge in [0.2, 0.25) is 5.91 Å². The fourth-order valence-corrected chi connectivity index (χ4v) is 1.41. The van der Waals surface area contributed by atoms with Crippen molar-refractivity contribution in [2.45, 2.75) is 0 Å². The second kappa shape index (κ2) is 5.14. The molecule has 0 unspecified atom stereocenters. The van der Waals surface area contributed by atoms with Gasteiger partial charge in [0.05, 0.1) is 22.3 Å². The number of carboxylic acid groups (broad SMARTS) is 2. The van der Waals surface area contributed by atoms with Crippen molar-refractivity contribution in [3.63, 3.8) is 0 Å². The lowest BCUT2D eigenvalue weighted by Crippen LogP contribution is -2.25. The van der Waals surface area contributed by atoms with Gasteiger partial charge in [-0.3, -0.25) is 14.8 Å². The Balaban J connectivity index is 3.69. The molecule has 0 bridgehead atoms. The molecule has 0 aliphatic rings. The van der Waals surface area contributed by atoms with E-state index in [0.717, 1.165) is 0 Å². The Morgan fingerprint density at radius 1 is 0.895 bits per heavy atom. The summed E-state index contributed by atoms with van der Waals surface area (Å²) in [7, 11) is 0. The summed E-state index contributed by atoms with van der Waals surface area (Å²) in [5.41, 5.74) is 3.66. The molecule has 0 saturated heterocycles. The zero-order valence-electron chi connectivity index (χ0n) is 9.21. The molecule has 100 valence electrons. The summed E-state index contributed by atoms with van der Waals surface area (Å²) < 4.78 is 0. The molecule has 9 heteroatoms. The van der Waals surface area contributed by atoms with Crippen LogP contribution in [0.15, 0.2) is 12.1 Å². The number of hydrogen-bond acceptors (Lipinski definition) is 5. The van der Waals surface area contributed by atoms with Crippen LogP contribution in [0.5, 0.6) is 0 Å².